The number of hydrogen-bond acceptors (Lipinski definition) is 6. The number of anilines is 1. The van der Waals surface area contributed by atoms with Gasteiger partial charge in [-0.25, -0.2) is 13.1 Å². The number of sulfonamides is 1. The molecule has 0 aromatic heterocycles. The van der Waals surface area contributed by atoms with Crippen LogP contribution in [-0.2, 0) is 21.4 Å². The minimum atomic E-state index is -3.87. The van der Waals surface area contributed by atoms with Crippen molar-refractivity contribution in [1.29, 1.82) is 0 Å². The van der Waals surface area contributed by atoms with Gasteiger partial charge in [-0.3, -0.25) is 14.5 Å². The standard InChI is InChI=1S/C37H43ClN4O4S/c1-26(43)39-37-21-27-18-28(22-37)20-36(19-27,24-37)25-47(45,46)40-35(44)30-8-12-33(13-9-30)42-16-14-41(15-17-42)23-31-4-2-3-5-34(31)29-6-10-32(38)11-7-29/h2-13,27-28H,14-25H2,1H3,(H,39,43)(H,40,44). The van der Waals surface area contributed by atoms with Gasteiger partial charge in [-0.1, -0.05) is 48.0 Å². The van der Waals surface area contributed by atoms with Crippen molar-refractivity contribution < 1.29 is 18.0 Å². The lowest BCUT2D eigenvalue weighted by molar-refractivity contribution is -0.127. The summed E-state index contributed by atoms with van der Waals surface area (Å²) in [4.78, 5) is 29.9. The summed E-state index contributed by atoms with van der Waals surface area (Å²) in [5, 5.41) is 3.92. The molecule has 4 aliphatic carbocycles. The summed E-state index contributed by atoms with van der Waals surface area (Å²) in [5.41, 5.74) is 4.29. The van der Waals surface area contributed by atoms with Gasteiger partial charge < -0.3 is 10.2 Å². The van der Waals surface area contributed by atoms with Crippen LogP contribution in [-0.4, -0.2) is 62.6 Å². The van der Waals surface area contributed by atoms with Crippen molar-refractivity contribution in [2.75, 3.05) is 36.8 Å². The van der Waals surface area contributed by atoms with E-state index >= 15 is 0 Å². The summed E-state index contributed by atoms with van der Waals surface area (Å²) in [6, 6.07) is 23.7. The topological polar surface area (TPSA) is 98.8 Å². The maximum Gasteiger partial charge on any atom is 0.264 e. The Morgan fingerprint density at radius 3 is 2.19 bits per heavy atom. The fourth-order valence-corrected chi connectivity index (χ4v) is 11.3. The zero-order valence-corrected chi connectivity index (χ0v) is 28.5. The van der Waals surface area contributed by atoms with Gasteiger partial charge in [0.2, 0.25) is 15.9 Å². The molecule has 5 fully saturated rings. The van der Waals surface area contributed by atoms with E-state index in [9.17, 15) is 18.0 Å². The average molecular weight is 675 g/mol. The summed E-state index contributed by atoms with van der Waals surface area (Å²) in [5.74, 6) is 0.121. The van der Waals surface area contributed by atoms with Crippen molar-refractivity contribution in [3.63, 3.8) is 0 Å². The molecule has 10 heteroatoms. The minimum absolute atomic E-state index is 0.0559. The quantitative estimate of drug-likeness (QED) is 0.295. The number of piperazine rings is 1. The van der Waals surface area contributed by atoms with Crippen LogP contribution in [0.5, 0.6) is 0 Å². The molecule has 1 aliphatic heterocycles. The Hall–Kier alpha value is -3.40. The summed E-state index contributed by atoms with van der Waals surface area (Å²) < 4.78 is 29.1. The van der Waals surface area contributed by atoms with Gasteiger partial charge in [0.05, 0.1) is 5.75 Å². The molecule has 2 N–H and O–H groups in total. The smallest absolute Gasteiger partial charge is 0.264 e. The normalized spacial score (nSPS) is 27.1. The van der Waals surface area contributed by atoms with Gasteiger partial charge in [0.25, 0.3) is 5.91 Å². The van der Waals surface area contributed by atoms with E-state index in [0.29, 0.717) is 23.8 Å². The summed E-state index contributed by atoms with van der Waals surface area (Å²) in [7, 11) is -3.87. The highest BCUT2D eigenvalue weighted by Gasteiger charge is 2.59. The fraction of sp³-hybridized carbons (Fsp3) is 0.459. The van der Waals surface area contributed by atoms with Gasteiger partial charge in [0.15, 0.2) is 0 Å². The first-order valence-corrected chi connectivity index (χ1v) is 18.8. The largest absolute Gasteiger partial charge is 0.369 e. The first-order chi connectivity index (χ1) is 22.5. The molecule has 248 valence electrons. The second-order valence-corrected chi connectivity index (χ2v) is 16.7. The molecule has 1 heterocycles. The molecule has 47 heavy (non-hydrogen) atoms. The molecule has 2 atom stereocenters. The average Bonchev–Trinajstić information content (AvgIpc) is 3.00. The zero-order chi connectivity index (χ0) is 32.8. The lowest BCUT2D eigenvalue weighted by atomic mass is 9.47. The number of halogens is 1. The highest BCUT2D eigenvalue weighted by atomic mass is 35.5. The van der Waals surface area contributed by atoms with Crippen molar-refractivity contribution in [3.05, 3.63) is 88.9 Å². The maximum absolute atomic E-state index is 13.4. The Balaban J connectivity index is 0.941. The van der Waals surface area contributed by atoms with Crippen LogP contribution in [0.2, 0.25) is 5.02 Å². The van der Waals surface area contributed by atoms with E-state index < -0.39 is 21.3 Å². The number of carbonyl (C=O) groups excluding carboxylic acids is 2. The number of rotatable bonds is 9. The first-order valence-electron chi connectivity index (χ1n) is 16.7. The van der Waals surface area contributed by atoms with E-state index in [1.807, 2.05) is 24.3 Å². The Labute approximate surface area is 282 Å². The van der Waals surface area contributed by atoms with Crippen LogP contribution >= 0.6 is 11.6 Å². The van der Waals surface area contributed by atoms with Crippen LogP contribution in [0.1, 0.15) is 61.4 Å². The van der Waals surface area contributed by atoms with Crippen LogP contribution in [0.25, 0.3) is 11.1 Å². The van der Waals surface area contributed by atoms with Crippen LogP contribution in [0.4, 0.5) is 5.69 Å². The van der Waals surface area contributed by atoms with E-state index in [1.165, 1.54) is 18.1 Å². The molecule has 0 spiro atoms. The van der Waals surface area contributed by atoms with Crippen molar-refractivity contribution in [1.82, 2.24) is 14.9 Å². The van der Waals surface area contributed by atoms with E-state index in [4.69, 9.17) is 11.6 Å². The summed E-state index contributed by atoms with van der Waals surface area (Å²) >= 11 is 6.11. The van der Waals surface area contributed by atoms with Crippen LogP contribution in [0.3, 0.4) is 0 Å². The second kappa shape index (κ2) is 12.6. The van der Waals surface area contributed by atoms with Crippen molar-refractivity contribution in [2.45, 2.75) is 57.5 Å². The highest BCUT2D eigenvalue weighted by molar-refractivity contribution is 7.90. The molecule has 2 unspecified atom stereocenters. The molecule has 5 aliphatic rings. The van der Waals surface area contributed by atoms with Crippen molar-refractivity contribution in [2.24, 2.45) is 17.3 Å². The minimum Gasteiger partial charge on any atom is -0.369 e. The molecular formula is C37H43ClN4O4S. The summed E-state index contributed by atoms with van der Waals surface area (Å²) in [6.45, 7) is 5.92. The van der Waals surface area contributed by atoms with Gasteiger partial charge in [-0.2, -0.15) is 0 Å². The van der Waals surface area contributed by atoms with Crippen molar-refractivity contribution >= 4 is 39.1 Å². The van der Waals surface area contributed by atoms with Crippen molar-refractivity contribution in [3.8, 4) is 11.1 Å². The van der Waals surface area contributed by atoms with Gasteiger partial charge in [-0.05, 0) is 109 Å². The third-order valence-electron chi connectivity index (χ3n) is 10.8. The molecular weight excluding hydrogens is 632 g/mol. The maximum atomic E-state index is 13.4. The number of nitrogens with one attached hydrogen (secondary N) is 2. The molecule has 1 saturated heterocycles. The number of nitrogens with zero attached hydrogens (tertiary/aromatic N) is 2. The number of carbonyl (C=O) groups is 2. The predicted molar refractivity (Wildman–Crippen MR) is 186 cm³/mol. The molecule has 4 saturated carbocycles. The Morgan fingerprint density at radius 1 is 0.872 bits per heavy atom. The highest BCUT2D eigenvalue weighted by Crippen LogP contribution is 2.62. The molecule has 8 nitrogen and oxygen atoms in total. The van der Waals surface area contributed by atoms with Crippen LogP contribution < -0.4 is 14.9 Å². The first kappa shape index (κ1) is 32.2. The van der Waals surface area contributed by atoms with E-state index in [-0.39, 0.29) is 17.2 Å². The predicted octanol–water partition coefficient (Wildman–Crippen LogP) is 5.86. The Bertz CT molecular complexity index is 1740. The fourth-order valence-electron chi connectivity index (χ4n) is 9.58. The van der Waals surface area contributed by atoms with Gasteiger partial charge in [0.1, 0.15) is 0 Å². The molecule has 0 radical (unpaired) electrons. The monoisotopic (exact) mass is 674 g/mol. The van der Waals surface area contributed by atoms with Crippen LogP contribution in [0, 0.1) is 17.3 Å². The van der Waals surface area contributed by atoms with Gasteiger partial charge in [0, 0.05) is 61.5 Å². The van der Waals surface area contributed by atoms with Gasteiger partial charge in [-0.15, -0.1) is 0 Å². The molecule has 3 aromatic rings. The lowest BCUT2D eigenvalue weighted by Crippen LogP contribution is -2.64. The number of amides is 2. The second-order valence-electron chi connectivity index (χ2n) is 14.6. The lowest BCUT2D eigenvalue weighted by Gasteiger charge is -2.62. The third kappa shape index (κ3) is 7.08. The molecule has 2 amide bonds. The Kier molecular flexibility index (Phi) is 8.60. The zero-order valence-electron chi connectivity index (χ0n) is 26.9. The molecule has 3 aromatic carbocycles. The van der Waals surface area contributed by atoms with E-state index in [2.05, 4.69) is 56.2 Å². The summed E-state index contributed by atoms with van der Waals surface area (Å²) in [6.07, 6.45) is 5.31. The van der Waals surface area contributed by atoms with E-state index in [1.54, 1.807) is 12.1 Å². The number of benzene rings is 3. The number of hydrogen-bond donors (Lipinski definition) is 2. The Morgan fingerprint density at radius 2 is 1.53 bits per heavy atom. The van der Waals surface area contributed by atoms with Crippen LogP contribution in [0.15, 0.2) is 72.8 Å². The van der Waals surface area contributed by atoms with E-state index in [0.717, 1.165) is 81.1 Å². The third-order valence-corrected chi connectivity index (χ3v) is 12.5. The SMILES string of the molecule is CC(=O)NC12CC3CC(CC(CS(=O)(=O)NC(=O)c4ccc(N5CCN(Cc6ccccc6-c6ccc(Cl)cc6)CC5)cc4)(C3)C1)C2. The molecule has 8 rings (SSSR count). The molecule has 4 bridgehead atoms. The van der Waals surface area contributed by atoms with Gasteiger partial charge >= 0.3 is 0 Å².